The van der Waals surface area contributed by atoms with Gasteiger partial charge in [-0.3, -0.25) is 4.90 Å². The summed E-state index contributed by atoms with van der Waals surface area (Å²) in [5, 5.41) is 0. The van der Waals surface area contributed by atoms with Gasteiger partial charge in [0.1, 0.15) is 0 Å². The van der Waals surface area contributed by atoms with Crippen LogP contribution in [0.1, 0.15) is 18.4 Å². The normalized spacial score (nSPS) is 18.6. The number of ether oxygens (including phenoxy) is 2. The molecule has 19 heavy (non-hydrogen) atoms. The van der Waals surface area contributed by atoms with Crippen molar-refractivity contribution in [3.05, 3.63) is 23.8 Å². The quantitative estimate of drug-likeness (QED) is 0.910. The van der Waals surface area contributed by atoms with Gasteiger partial charge >= 0.3 is 0 Å². The predicted molar refractivity (Wildman–Crippen MR) is 79.5 cm³/mol. The van der Waals surface area contributed by atoms with Crippen molar-refractivity contribution in [1.29, 1.82) is 0 Å². The highest BCUT2D eigenvalue weighted by Crippen LogP contribution is 2.32. The zero-order valence-electron chi connectivity index (χ0n) is 10.7. The molecule has 0 saturated carbocycles. The number of nitrogens with two attached hydrogens (primary N) is 1. The zero-order valence-corrected chi connectivity index (χ0v) is 12.3. The van der Waals surface area contributed by atoms with Crippen molar-refractivity contribution in [2.75, 3.05) is 19.9 Å². The van der Waals surface area contributed by atoms with Crippen molar-refractivity contribution in [2.24, 2.45) is 5.73 Å². The van der Waals surface area contributed by atoms with E-state index < -0.39 is 0 Å². The van der Waals surface area contributed by atoms with E-state index in [4.69, 9.17) is 15.2 Å². The van der Waals surface area contributed by atoms with E-state index >= 15 is 0 Å². The number of benzene rings is 1. The molecule has 0 atom stereocenters. The number of halogens is 2. The van der Waals surface area contributed by atoms with Crippen molar-refractivity contribution in [3.63, 3.8) is 0 Å². The minimum atomic E-state index is 0. The lowest BCUT2D eigenvalue weighted by Gasteiger charge is -2.30. The van der Waals surface area contributed by atoms with Gasteiger partial charge in [0.2, 0.25) is 6.79 Å². The number of nitrogens with zero attached hydrogens (tertiary/aromatic N) is 1. The molecule has 0 aliphatic carbocycles. The van der Waals surface area contributed by atoms with Gasteiger partial charge in [-0.05, 0) is 43.6 Å². The molecule has 2 aliphatic heterocycles. The molecule has 0 radical (unpaired) electrons. The first kappa shape index (κ1) is 16.4. The van der Waals surface area contributed by atoms with Crippen LogP contribution in [-0.2, 0) is 6.54 Å². The fraction of sp³-hybridized carbons (Fsp3) is 0.538. The second-order valence-corrected chi connectivity index (χ2v) is 4.80. The molecule has 0 unspecified atom stereocenters. The van der Waals surface area contributed by atoms with Crippen LogP contribution >= 0.6 is 24.8 Å². The van der Waals surface area contributed by atoms with E-state index in [1.807, 2.05) is 6.07 Å². The molecule has 108 valence electrons. The molecule has 0 spiro atoms. The summed E-state index contributed by atoms with van der Waals surface area (Å²) in [6, 6.07) is 6.58. The molecule has 2 heterocycles. The Balaban J connectivity index is 0.000000902. The molecule has 6 heteroatoms. The first-order valence-corrected chi connectivity index (χ1v) is 6.18. The van der Waals surface area contributed by atoms with Crippen LogP contribution in [0.2, 0.25) is 0 Å². The van der Waals surface area contributed by atoms with Crippen molar-refractivity contribution in [2.45, 2.75) is 25.4 Å². The summed E-state index contributed by atoms with van der Waals surface area (Å²) in [6.45, 7) is 3.51. The monoisotopic (exact) mass is 306 g/mol. The van der Waals surface area contributed by atoms with E-state index in [0.717, 1.165) is 44.0 Å². The predicted octanol–water partition coefficient (Wildman–Crippen LogP) is 2.18. The number of likely N-dealkylation sites (tertiary alicyclic amines) is 1. The van der Waals surface area contributed by atoms with Gasteiger partial charge in [0.15, 0.2) is 11.5 Å². The molecule has 0 aromatic heterocycles. The van der Waals surface area contributed by atoms with Gasteiger partial charge in [-0.15, -0.1) is 24.8 Å². The first-order valence-electron chi connectivity index (χ1n) is 6.18. The van der Waals surface area contributed by atoms with Crippen LogP contribution in [0, 0.1) is 0 Å². The highest BCUT2D eigenvalue weighted by atomic mass is 35.5. The first-order chi connectivity index (χ1) is 8.31. The Bertz CT molecular complexity index is 410. The SMILES string of the molecule is Cl.Cl.NC1CCN(Cc2ccc3c(c2)OCO3)CC1. The van der Waals surface area contributed by atoms with Crippen molar-refractivity contribution in [1.82, 2.24) is 4.90 Å². The van der Waals surface area contributed by atoms with Crippen LogP contribution in [0.15, 0.2) is 18.2 Å². The summed E-state index contributed by atoms with van der Waals surface area (Å²) in [6.07, 6.45) is 2.20. The lowest BCUT2D eigenvalue weighted by molar-refractivity contribution is 0.173. The van der Waals surface area contributed by atoms with Gasteiger partial charge in [0.05, 0.1) is 0 Å². The van der Waals surface area contributed by atoms with Crippen molar-refractivity contribution in [3.8, 4) is 11.5 Å². The Morgan fingerprint density at radius 3 is 2.53 bits per heavy atom. The number of rotatable bonds is 2. The molecule has 0 amide bonds. The molecule has 1 aromatic rings. The van der Waals surface area contributed by atoms with E-state index in [9.17, 15) is 0 Å². The van der Waals surface area contributed by atoms with E-state index in [1.54, 1.807) is 0 Å². The summed E-state index contributed by atoms with van der Waals surface area (Å²) in [5.41, 5.74) is 7.18. The third kappa shape index (κ3) is 3.89. The van der Waals surface area contributed by atoms with E-state index in [0.29, 0.717) is 12.8 Å². The van der Waals surface area contributed by atoms with Crippen LogP contribution in [0.3, 0.4) is 0 Å². The van der Waals surface area contributed by atoms with Gasteiger partial charge in [0, 0.05) is 12.6 Å². The lowest BCUT2D eigenvalue weighted by Crippen LogP contribution is -2.39. The lowest BCUT2D eigenvalue weighted by atomic mass is 10.1. The Morgan fingerprint density at radius 2 is 1.79 bits per heavy atom. The molecule has 1 aromatic carbocycles. The number of hydrogen-bond acceptors (Lipinski definition) is 4. The highest BCUT2D eigenvalue weighted by molar-refractivity contribution is 5.85. The van der Waals surface area contributed by atoms with Gasteiger partial charge < -0.3 is 15.2 Å². The number of piperidine rings is 1. The van der Waals surface area contributed by atoms with Crippen LogP contribution in [-0.4, -0.2) is 30.8 Å². The highest BCUT2D eigenvalue weighted by Gasteiger charge is 2.18. The summed E-state index contributed by atoms with van der Waals surface area (Å²) in [5.74, 6) is 1.73. The van der Waals surface area contributed by atoms with Crippen LogP contribution < -0.4 is 15.2 Å². The molecule has 3 rings (SSSR count). The van der Waals surface area contributed by atoms with Crippen LogP contribution in [0.4, 0.5) is 0 Å². The summed E-state index contributed by atoms with van der Waals surface area (Å²) < 4.78 is 10.7. The maximum atomic E-state index is 5.90. The average molecular weight is 307 g/mol. The molecule has 0 bridgehead atoms. The Kier molecular flexibility index (Phi) is 6.20. The van der Waals surface area contributed by atoms with Crippen molar-refractivity contribution >= 4 is 24.8 Å². The Labute approximate surface area is 126 Å². The molecular weight excluding hydrogens is 287 g/mol. The molecule has 1 fully saturated rings. The molecule has 2 aliphatic rings. The molecular formula is C13H20Cl2N2O2. The third-order valence-corrected chi connectivity index (χ3v) is 3.48. The molecule has 4 nitrogen and oxygen atoms in total. The molecule has 1 saturated heterocycles. The summed E-state index contributed by atoms with van der Waals surface area (Å²) in [4.78, 5) is 2.45. The third-order valence-electron chi connectivity index (χ3n) is 3.48. The number of fused-ring (bicyclic) bond motifs is 1. The molecule has 2 N–H and O–H groups in total. The summed E-state index contributed by atoms with van der Waals surface area (Å²) in [7, 11) is 0. The largest absolute Gasteiger partial charge is 0.454 e. The Hall–Kier alpha value is -0.680. The minimum absolute atomic E-state index is 0. The second kappa shape index (κ2) is 7.20. The minimum Gasteiger partial charge on any atom is -0.454 e. The van der Waals surface area contributed by atoms with Crippen LogP contribution in [0.25, 0.3) is 0 Å². The fourth-order valence-electron chi connectivity index (χ4n) is 2.41. The van der Waals surface area contributed by atoms with E-state index in [1.165, 1.54) is 5.56 Å². The Morgan fingerprint density at radius 1 is 1.11 bits per heavy atom. The van der Waals surface area contributed by atoms with Gasteiger partial charge in [-0.25, -0.2) is 0 Å². The smallest absolute Gasteiger partial charge is 0.231 e. The zero-order chi connectivity index (χ0) is 11.7. The average Bonchev–Trinajstić information content (AvgIpc) is 2.79. The maximum absolute atomic E-state index is 5.90. The fourth-order valence-corrected chi connectivity index (χ4v) is 2.41. The standard InChI is InChI=1S/C13H18N2O2.2ClH/c14-11-3-5-15(6-4-11)8-10-1-2-12-13(7-10)17-9-16-12;;/h1-2,7,11H,3-6,8-9,14H2;2*1H. The number of hydrogen-bond donors (Lipinski definition) is 1. The van der Waals surface area contributed by atoms with E-state index in [2.05, 4.69) is 17.0 Å². The summed E-state index contributed by atoms with van der Waals surface area (Å²) >= 11 is 0. The van der Waals surface area contributed by atoms with Gasteiger partial charge in [-0.1, -0.05) is 6.07 Å². The van der Waals surface area contributed by atoms with E-state index in [-0.39, 0.29) is 24.8 Å². The second-order valence-electron chi connectivity index (χ2n) is 4.80. The van der Waals surface area contributed by atoms with Gasteiger partial charge in [-0.2, -0.15) is 0 Å². The maximum Gasteiger partial charge on any atom is 0.231 e. The van der Waals surface area contributed by atoms with Crippen molar-refractivity contribution < 1.29 is 9.47 Å². The topological polar surface area (TPSA) is 47.7 Å². The van der Waals surface area contributed by atoms with Gasteiger partial charge in [0.25, 0.3) is 0 Å². The van der Waals surface area contributed by atoms with Crippen LogP contribution in [0.5, 0.6) is 11.5 Å².